The van der Waals surface area contributed by atoms with E-state index in [-0.39, 0.29) is 0 Å². The highest BCUT2D eigenvalue weighted by atomic mass is 16.5. The highest BCUT2D eigenvalue weighted by Crippen LogP contribution is 2.33. The summed E-state index contributed by atoms with van der Waals surface area (Å²) in [6.07, 6.45) is 9.30. The van der Waals surface area contributed by atoms with E-state index in [9.17, 15) is 0 Å². The standard InChI is InChI=1S/C15H26N4O/c1-4-5-11-6-8-12(9-7-11)19-15-13(20-3)14(16-2)17-10-18-15/h10-12H,4-9H2,1-3H3,(H2,16,17,18,19). The molecule has 1 saturated carbocycles. The van der Waals surface area contributed by atoms with Crippen LogP contribution in [0.2, 0.25) is 0 Å². The Hall–Kier alpha value is -1.52. The van der Waals surface area contributed by atoms with Crippen LogP contribution in [0.1, 0.15) is 45.4 Å². The first-order chi connectivity index (χ1) is 9.78. The van der Waals surface area contributed by atoms with Gasteiger partial charge in [-0.15, -0.1) is 0 Å². The molecule has 0 aliphatic heterocycles. The van der Waals surface area contributed by atoms with Crippen molar-refractivity contribution in [1.29, 1.82) is 0 Å². The SMILES string of the molecule is CCCC1CCC(Nc2ncnc(NC)c2OC)CC1. The zero-order chi connectivity index (χ0) is 14.4. The van der Waals surface area contributed by atoms with Gasteiger partial charge in [0.2, 0.25) is 5.75 Å². The van der Waals surface area contributed by atoms with Crippen molar-refractivity contribution in [1.82, 2.24) is 9.97 Å². The van der Waals surface area contributed by atoms with Crippen molar-refractivity contribution in [2.75, 3.05) is 24.8 Å². The Morgan fingerprint density at radius 1 is 1.20 bits per heavy atom. The maximum Gasteiger partial charge on any atom is 0.204 e. The minimum Gasteiger partial charge on any atom is -0.490 e. The van der Waals surface area contributed by atoms with Gasteiger partial charge < -0.3 is 15.4 Å². The Kier molecular flexibility index (Phi) is 5.44. The summed E-state index contributed by atoms with van der Waals surface area (Å²) in [4.78, 5) is 8.49. The Morgan fingerprint density at radius 3 is 2.50 bits per heavy atom. The van der Waals surface area contributed by atoms with Crippen LogP contribution in [0.15, 0.2) is 6.33 Å². The van der Waals surface area contributed by atoms with Gasteiger partial charge in [-0.1, -0.05) is 19.8 Å². The lowest BCUT2D eigenvalue weighted by molar-refractivity contribution is 0.318. The minimum atomic E-state index is 0.497. The molecule has 1 aromatic heterocycles. The van der Waals surface area contributed by atoms with E-state index in [4.69, 9.17) is 4.74 Å². The Bertz CT molecular complexity index is 416. The third kappa shape index (κ3) is 3.52. The molecule has 5 heteroatoms. The molecule has 0 unspecified atom stereocenters. The highest BCUT2D eigenvalue weighted by molar-refractivity contribution is 5.63. The Balaban J connectivity index is 1.97. The number of anilines is 2. The lowest BCUT2D eigenvalue weighted by Gasteiger charge is -2.29. The molecule has 0 saturated heterocycles. The Labute approximate surface area is 121 Å². The number of hydrogen-bond donors (Lipinski definition) is 2. The second kappa shape index (κ2) is 7.31. The number of nitrogens with zero attached hydrogens (tertiary/aromatic N) is 2. The van der Waals surface area contributed by atoms with E-state index >= 15 is 0 Å². The van der Waals surface area contributed by atoms with Gasteiger partial charge in [-0.25, -0.2) is 9.97 Å². The normalized spacial score (nSPS) is 22.4. The second-order valence-electron chi connectivity index (χ2n) is 5.50. The van der Waals surface area contributed by atoms with Crippen molar-refractivity contribution in [2.24, 2.45) is 5.92 Å². The molecule has 0 bridgehead atoms. The van der Waals surface area contributed by atoms with Crippen molar-refractivity contribution in [2.45, 2.75) is 51.5 Å². The van der Waals surface area contributed by atoms with Gasteiger partial charge in [0.25, 0.3) is 0 Å². The van der Waals surface area contributed by atoms with Crippen LogP contribution < -0.4 is 15.4 Å². The van der Waals surface area contributed by atoms with Gasteiger partial charge in [0, 0.05) is 13.1 Å². The van der Waals surface area contributed by atoms with Crippen LogP contribution in [0, 0.1) is 5.92 Å². The van der Waals surface area contributed by atoms with E-state index < -0.39 is 0 Å². The number of ether oxygens (including phenoxy) is 1. The molecule has 5 nitrogen and oxygen atoms in total. The molecule has 0 amide bonds. The van der Waals surface area contributed by atoms with E-state index in [0.717, 1.165) is 17.6 Å². The summed E-state index contributed by atoms with van der Waals surface area (Å²) in [5.74, 6) is 3.14. The molecular formula is C15H26N4O. The quantitative estimate of drug-likeness (QED) is 0.836. The summed E-state index contributed by atoms with van der Waals surface area (Å²) in [7, 11) is 3.49. The first kappa shape index (κ1) is 14.9. The van der Waals surface area contributed by atoms with Gasteiger partial charge >= 0.3 is 0 Å². The predicted octanol–water partition coefficient (Wildman–Crippen LogP) is 3.30. The van der Waals surface area contributed by atoms with Crippen LogP contribution >= 0.6 is 0 Å². The number of hydrogen-bond acceptors (Lipinski definition) is 5. The van der Waals surface area contributed by atoms with Crippen molar-refractivity contribution in [3.63, 3.8) is 0 Å². The molecule has 20 heavy (non-hydrogen) atoms. The van der Waals surface area contributed by atoms with Crippen LogP contribution in [0.25, 0.3) is 0 Å². The Morgan fingerprint density at radius 2 is 1.90 bits per heavy atom. The summed E-state index contributed by atoms with van der Waals surface area (Å²) in [6.45, 7) is 2.27. The summed E-state index contributed by atoms with van der Waals surface area (Å²) in [6, 6.07) is 0.497. The lowest BCUT2D eigenvalue weighted by atomic mass is 9.83. The fourth-order valence-electron chi connectivity index (χ4n) is 3.05. The van der Waals surface area contributed by atoms with Crippen LogP contribution in [0.3, 0.4) is 0 Å². The van der Waals surface area contributed by atoms with Crippen LogP contribution in [-0.2, 0) is 0 Å². The van der Waals surface area contributed by atoms with Crippen LogP contribution in [0.4, 0.5) is 11.6 Å². The fourth-order valence-corrected chi connectivity index (χ4v) is 3.05. The molecule has 1 aromatic rings. The topological polar surface area (TPSA) is 59.1 Å². The molecular weight excluding hydrogens is 252 g/mol. The lowest BCUT2D eigenvalue weighted by Crippen LogP contribution is -2.26. The average molecular weight is 278 g/mol. The second-order valence-corrected chi connectivity index (χ2v) is 5.50. The number of aromatic nitrogens is 2. The zero-order valence-corrected chi connectivity index (χ0v) is 12.8. The molecule has 0 spiro atoms. The number of nitrogens with one attached hydrogen (secondary N) is 2. The molecule has 2 rings (SSSR count). The van der Waals surface area contributed by atoms with E-state index in [2.05, 4.69) is 27.5 Å². The van der Waals surface area contributed by atoms with Gasteiger partial charge in [-0.05, 0) is 31.6 Å². The largest absolute Gasteiger partial charge is 0.490 e. The third-order valence-corrected chi connectivity index (χ3v) is 4.13. The van der Waals surface area contributed by atoms with E-state index in [1.165, 1.54) is 38.5 Å². The molecule has 1 fully saturated rings. The van der Waals surface area contributed by atoms with Gasteiger partial charge in [-0.3, -0.25) is 0 Å². The van der Waals surface area contributed by atoms with E-state index in [1.54, 1.807) is 13.4 Å². The van der Waals surface area contributed by atoms with Crippen molar-refractivity contribution < 1.29 is 4.74 Å². The maximum atomic E-state index is 5.42. The van der Waals surface area contributed by atoms with E-state index in [0.29, 0.717) is 11.8 Å². The molecule has 1 aliphatic carbocycles. The highest BCUT2D eigenvalue weighted by Gasteiger charge is 2.22. The van der Waals surface area contributed by atoms with Gasteiger partial charge in [0.1, 0.15) is 6.33 Å². The molecule has 1 heterocycles. The predicted molar refractivity (Wildman–Crippen MR) is 82.4 cm³/mol. The summed E-state index contributed by atoms with van der Waals surface area (Å²) >= 11 is 0. The summed E-state index contributed by atoms with van der Waals surface area (Å²) < 4.78 is 5.42. The molecule has 2 N–H and O–H groups in total. The first-order valence-corrected chi connectivity index (χ1v) is 7.61. The molecule has 0 atom stereocenters. The van der Waals surface area contributed by atoms with Crippen molar-refractivity contribution in [3.8, 4) is 5.75 Å². The summed E-state index contributed by atoms with van der Waals surface area (Å²) in [5, 5.41) is 6.55. The van der Waals surface area contributed by atoms with Gasteiger partial charge in [0.05, 0.1) is 7.11 Å². The number of rotatable bonds is 6. The van der Waals surface area contributed by atoms with Crippen LogP contribution in [-0.4, -0.2) is 30.2 Å². The molecule has 0 aromatic carbocycles. The minimum absolute atomic E-state index is 0.497. The average Bonchev–Trinajstić information content (AvgIpc) is 2.49. The number of methoxy groups -OCH3 is 1. The molecule has 112 valence electrons. The van der Waals surface area contributed by atoms with Gasteiger partial charge in [-0.2, -0.15) is 0 Å². The van der Waals surface area contributed by atoms with Crippen molar-refractivity contribution >= 4 is 11.6 Å². The first-order valence-electron chi connectivity index (χ1n) is 7.61. The summed E-state index contributed by atoms with van der Waals surface area (Å²) in [5.41, 5.74) is 0. The molecule has 0 radical (unpaired) electrons. The van der Waals surface area contributed by atoms with Crippen molar-refractivity contribution in [3.05, 3.63) is 6.33 Å². The van der Waals surface area contributed by atoms with Gasteiger partial charge in [0.15, 0.2) is 11.6 Å². The maximum absolute atomic E-state index is 5.42. The van der Waals surface area contributed by atoms with Crippen LogP contribution in [0.5, 0.6) is 5.75 Å². The monoisotopic (exact) mass is 278 g/mol. The third-order valence-electron chi connectivity index (χ3n) is 4.13. The van der Waals surface area contributed by atoms with E-state index in [1.807, 2.05) is 7.05 Å². The smallest absolute Gasteiger partial charge is 0.204 e. The molecule has 1 aliphatic rings. The zero-order valence-electron chi connectivity index (χ0n) is 12.8. The fraction of sp³-hybridized carbons (Fsp3) is 0.733.